The van der Waals surface area contributed by atoms with Crippen LogP contribution in [-0.4, -0.2) is 65.5 Å². The molecule has 0 aliphatic carbocycles. The normalized spacial score (nSPS) is 15.8. The highest BCUT2D eigenvalue weighted by molar-refractivity contribution is 5.94. The molecule has 9 heteroatoms. The van der Waals surface area contributed by atoms with E-state index in [0.29, 0.717) is 48.3 Å². The summed E-state index contributed by atoms with van der Waals surface area (Å²) in [6.07, 6.45) is -0.377. The Kier molecular flexibility index (Phi) is 6.32. The third-order valence-electron chi connectivity index (χ3n) is 5.36. The van der Waals surface area contributed by atoms with Crippen molar-refractivity contribution in [3.8, 4) is 11.3 Å². The van der Waals surface area contributed by atoms with Gasteiger partial charge in [0.25, 0.3) is 5.91 Å². The molecule has 4 rings (SSSR count). The van der Waals surface area contributed by atoms with Crippen LogP contribution in [0.3, 0.4) is 0 Å². The fraction of sp³-hybridized carbons (Fsp3) is 0.292. The van der Waals surface area contributed by atoms with E-state index in [1.54, 1.807) is 34.1 Å². The number of rotatable bonds is 5. The van der Waals surface area contributed by atoms with Crippen molar-refractivity contribution in [2.24, 2.45) is 5.73 Å². The van der Waals surface area contributed by atoms with Gasteiger partial charge in [-0.2, -0.15) is 0 Å². The molecule has 170 valence electrons. The maximum Gasteiger partial charge on any atom is 0.272 e. The molecule has 0 radical (unpaired) electrons. The number of aromatic nitrogens is 3. The van der Waals surface area contributed by atoms with Gasteiger partial charge in [-0.05, 0) is 37.3 Å². The quantitative estimate of drug-likeness (QED) is 0.639. The van der Waals surface area contributed by atoms with Gasteiger partial charge in [0.1, 0.15) is 11.8 Å². The molecular formula is C24H26N6O3. The van der Waals surface area contributed by atoms with Gasteiger partial charge in [-0.15, -0.1) is 0 Å². The Balaban J connectivity index is 1.56. The van der Waals surface area contributed by atoms with Gasteiger partial charge in [0.05, 0.1) is 24.5 Å². The van der Waals surface area contributed by atoms with E-state index in [9.17, 15) is 9.59 Å². The number of anilines is 1. The summed E-state index contributed by atoms with van der Waals surface area (Å²) in [6.45, 7) is 3.06. The second-order valence-electron chi connectivity index (χ2n) is 8.09. The van der Waals surface area contributed by atoms with Crippen molar-refractivity contribution in [3.63, 3.8) is 0 Å². The first-order chi connectivity index (χ1) is 15.8. The standard InChI is InChI=1S/C24H26N6O3/c1-15-12-20(28-24(26-15)29(2)3)23(32)30-10-11-33-21(14-30)19-9-5-8-18(27-19)16-6-4-7-17(13-16)22(25)31/h4-9,12-13,21H,10-11,14H2,1-3H3,(H2,25,31)/t21-/m0/s1. The van der Waals surface area contributed by atoms with Crippen LogP contribution in [0.15, 0.2) is 48.5 Å². The Bertz CT molecular complexity index is 1200. The van der Waals surface area contributed by atoms with Gasteiger partial charge in [0.2, 0.25) is 11.9 Å². The second-order valence-corrected chi connectivity index (χ2v) is 8.09. The first-order valence-electron chi connectivity index (χ1n) is 10.6. The monoisotopic (exact) mass is 446 g/mol. The van der Waals surface area contributed by atoms with Crippen molar-refractivity contribution in [2.45, 2.75) is 13.0 Å². The first-order valence-corrected chi connectivity index (χ1v) is 10.6. The Morgan fingerprint density at radius 1 is 1.09 bits per heavy atom. The van der Waals surface area contributed by atoms with E-state index >= 15 is 0 Å². The van der Waals surface area contributed by atoms with Crippen molar-refractivity contribution in [1.29, 1.82) is 0 Å². The number of benzene rings is 1. The van der Waals surface area contributed by atoms with Gasteiger partial charge < -0.3 is 20.3 Å². The largest absolute Gasteiger partial charge is 0.368 e. The molecule has 1 atom stereocenters. The average Bonchev–Trinajstić information content (AvgIpc) is 2.83. The summed E-state index contributed by atoms with van der Waals surface area (Å²) >= 11 is 0. The van der Waals surface area contributed by atoms with Gasteiger partial charge in [-0.1, -0.05) is 18.2 Å². The lowest BCUT2D eigenvalue weighted by molar-refractivity contribution is -0.0248. The molecule has 1 aromatic carbocycles. The highest BCUT2D eigenvalue weighted by Crippen LogP contribution is 2.25. The van der Waals surface area contributed by atoms with Crippen molar-refractivity contribution in [3.05, 3.63) is 71.2 Å². The molecule has 1 aliphatic heterocycles. The molecule has 0 unspecified atom stereocenters. The van der Waals surface area contributed by atoms with E-state index in [1.807, 2.05) is 45.3 Å². The second kappa shape index (κ2) is 9.33. The Hall–Kier alpha value is -3.85. The van der Waals surface area contributed by atoms with Gasteiger partial charge in [0, 0.05) is 37.5 Å². The molecule has 33 heavy (non-hydrogen) atoms. The highest BCUT2D eigenvalue weighted by Gasteiger charge is 2.28. The van der Waals surface area contributed by atoms with Crippen molar-refractivity contribution < 1.29 is 14.3 Å². The Morgan fingerprint density at radius 3 is 2.64 bits per heavy atom. The molecule has 1 saturated heterocycles. The zero-order valence-corrected chi connectivity index (χ0v) is 18.9. The van der Waals surface area contributed by atoms with E-state index in [0.717, 1.165) is 11.3 Å². The first kappa shape index (κ1) is 22.3. The summed E-state index contributed by atoms with van der Waals surface area (Å²) in [5, 5.41) is 0. The number of amides is 2. The van der Waals surface area contributed by atoms with Gasteiger partial charge in [-0.3, -0.25) is 9.59 Å². The summed E-state index contributed by atoms with van der Waals surface area (Å²) in [5.74, 6) is -0.159. The molecule has 1 aliphatic rings. The number of hydrogen-bond acceptors (Lipinski definition) is 7. The number of pyridine rings is 1. The number of primary amides is 1. The molecule has 2 amide bonds. The van der Waals surface area contributed by atoms with Crippen LogP contribution in [0.4, 0.5) is 5.95 Å². The van der Waals surface area contributed by atoms with E-state index in [4.69, 9.17) is 15.5 Å². The van der Waals surface area contributed by atoms with E-state index in [-0.39, 0.29) is 12.0 Å². The molecule has 0 spiro atoms. The van der Waals surface area contributed by atoms with E-state index in [1.165, 1.54) is 0 Å². The summed E-state index contributed by atoms with van der Waals surface area (Å²) in [7, 11) is 3.68. The molecular weight excluding hydrogens is 420 g/mol. The molecule has 9 nitrogen and oxygen atoms in total. The Morgan fingerprint density at radius 2 is 1.88 bits per heavy atom. The van der Waals surface area contributed by atoms with Crippen LogP contribution in [0.25, 0.3) is 11.3 Å². The lowest BCUT2D eigenvalue weighted by Gasteiger charge is -2.32. The minimum absolute atomic E-state index is 0.165. The molecule has 1 fully saturated rings. The van der Waals surface area contributed by atoms with Crippen LogP contribution in [-0.2, 0) is 4.74 Å². The number of nitrogens with two attached hydrogens (primary N) is 1. The molecule has 3 heterocycles. The van der Waals surface area contributed by atoms with E-state index < -0.39 is 5.91 Å². The predicted octanol–water partition coefficient (Wildman–Crippen LogP) is 2.23. The fourth-order valence-electron chi connectivity index (χ4n) is 3.66. The van der Waals surface area contributed by atoms with Crippen molar-refractivity contribution in [2.75, 3.05) is 38.7 Å². The highest BCUT2D eigenvalue weighted by atomic mass is 16.5. The van der Waals surface area contributed by atoms with Crippen LogP contribution < -0.4 is 10.6 Å². The summed E-state index contributed by atoms with van der Waals surface area (Å²) in [6, 6.07) is 14.3. The third kappa shape index (κ3) is 4.98. The summed E-state index contributed by atoms with van der Waals surface area (Å²) in [4.78, 5) is 41.7. The number of nitrogens with zero attached hydrogens (tertiary/aromatic N) is 5. The molecule has 3 aromatic rings. The maximum absolute atomic E-state index is 13.2. The SMILES string of the molecule is Cc1cc(C(=O)N2CCO[C@H](c3cccc(-c4cccc(C(N)=O)c4)n3)C2)nc(N(C)C)n1. The molecule has 0 saturated carbocycles. The topological polar surface area (TPSA) is 115 Å². The minimum Gasteiger partial charge on any atom is -0.368 e. The van der Waals surface area contributed by atoms with Crippen LogP contribution in [0.2, 0.25) is 0 Å². The lowest BCUT2D eigenvalue weighted by Crippen LogP contribution is -2.43. The number of morpholine rings is 1. The van der Waals surface area contributed by atoms with Gasteiger partial charge in [-0.25, -0.2) is 15.0 Å². The van der Waals surface area contributed by atoms with Crippen LogP contribution in [0.1, 0.15) is 38.3 Å². The summed E-state index contributed by atoms with van der Waals surface area (Å²) < 4.78 is 5.95. The average molecular weight is 447 g/mol. The minimum atomic E-state index is -0.491. The summed E-state index contributed by atoms with van der Waals surface area (Å²) in [5.41, 5.74) is 9.11. The van der Waals surface area contributed by atoms with Crippen LogP contribution in [0, 0.1) is 6.92 Å². The zero-order valence-electron chi connectivity index (χ0n) is 18.9. The van der Waals surface area contributed by atoms with Crippen LogP contribution in [0.5, 0.6) is 0 Å². The van der Waals surface area contributed by atoms with Gasteiger partial charge >= 0.3 is 0 Å². The van der Waals surface area contributed by atoms with Crippen molar-refractivity contribution >= 4 is 17.8 Å². The van der Waals surface area contributed by atoms with Crippen molar-refractivity contribution in [1.82, 2.24) is 19.9 Å². The smallest absolute Gasteiger partial charge is 0.272 e. The number of ether oxygens (including phenoxy) is 1. The number of hydrogen-bond donors (Lipinski definition) is 1. The predicted molar refractivity (Wildman–Crippen MR) is 124 cm³/mol. The number of aryl methyl sites for hydroxylation is 1. The number of carbonyl (C=O) groups is 2. The van der Waals surface area contributed by atoms with E-state index in [2.05, 4.69) is 9.97 Å². The maximum atomic E-state index is 13.2. The molecule has 2 aromatic heterocycles. The number of carbonyl (C=O) groups excluding carboxylic acids is 2. The molecule has 0 bridgehead atoms. The Labute approximate surface area is 192 Å². The molecule has 2 N–H and O–H groups in total. The fourth-order valence-corrected chi connectivity index (χ4v) is 3.66. The van der Waals surface area contributed by atoms with Gasteiger partial charge in [0.15, 0.2) is 0 Å². The van der Waals surface area contributed by atoms with Crippen LogP contribution >= 0.6 is 0 Å². The lowest BCUT2D eigenvalue weighted by atomic mass is 10.1. The zero-order chi connectivity index (χ0) is 23.5. The third-order valence-corrected chi connectivity index (χ3v) is 5.36.